The van der Waals surface area contributed by atoms with E-state index in [4.69, 9.17) is 0 Å². The van der Waals surface area contributed by atoms with Gasteiger partial charge >= 0.3 is 5.97 Å². The van der Waals surface area contributed by atoms with Crippen LogP contribution in [0.25, 0.3) is 0 Å². The van der Waals surface area contributed by atoms with Crippen LogP contribution in [0.1, 0.15) is 64.2 Å². The normalized spacial score (nSPS) is 33.6. The number of nitrogens with zero attached hydrogens (tertiary/aromatic N) is 1. The molecule has 20 heavy (non-hydrogen) atoms. The van der Waals surface area contributed by atoms with Gasteiger partial charge in [-0.3, -0.25) is 4.79 Å². The van der Waals surface area contributed by atoms with Crippen LogP contribution in [0, 0.1) is 11.8 Å². The summed E-state index contributed by atoms with van der Waals surface area (Å²) in [6, 6.07) is -0.351. The van der Waals surface area contributed by atoms with Crippen LogP contribution in [0.2, 0.25) is 0 Å². The smallest absolute Gasteiger partial charge is 0.326 e. The zero-order valence-electron chi connectivity index (χ0n) is 12.1. The number of fused-ring (bicyclic) bond motifs is 1. The highest BCUT2D eigenvalue weighted by Gasteiger charge is 2.47. The molecule has 1 heterocycles. The Balaban J connectivity index is 1.66. The van der Waals surface area contributed by atoms with E-state index in [0.717, 1.165) is 25.7 Å². The van der Waals surface area contributed by atoms with Crippen LogP contribution < -0.4 is 0 Å². The second-order valence-electron chi connectivity index (χ2n) is 6.84. The van der Waals surface area contributed by atoms with Gasteiger partial charge in [-0.2, -0.15) is 0 Å². The van der Waals surface area contributed by atoms with Gasteiger partial charge in [-0.25, -0.2) is 4.79 Å². The topological polar surface area (TPSA) is 57.6 Å². The molecular weight excluding hydrogens is 254 g/mol. The molecule has 2 saturated carbocycles. The van der Waals surface area contributed by atoms with Gasteiger partial charge in [0.15, 0.2) is 0 Å². The van der Waals surface area contributed by atoms with Crippen molar-refractivity contribution in [1.29, 1.82) is 0 Å². The second kappa shape index (κ2) is 5.74. The molecule has 4 heteroatoms. The Labute approximate surface area is 120 Å². The standard InChI is InChI=1S/C16H25NO3/c18-15(9-8-11-4-3-5-11)17-13-7-2-1-6-12(13)10-14(17)16(19)20/h11-14H,1-10H2,(H,19,20). The lowest BCUT2D eigenvalue weighted by Crippen LogP contribution is -2.46. The van der Waals surface area contributed by atoms with Crippen molar-refractivity contribution < 1.29 is 14.7 Å². The van der Waals surface area contributed by atoms with Gasteiger partial charge in [0.2, 0.25) is 5.91 Å². The molecule has 2 aliphatic carbocycles. The van der Waals surface area contributed by atoms with Gasteiger partial charge in [-0.1, -0.05) is 32.1 Å². The van der Waals surface area contributed by atoms with Crippen LogP contribution in [0.5, 0.6) is 0 Å². The minimum absolute atomic E-state index is 0.0960. The van der Waals surface area contributed by atoms with Crippen LogP contribution in [0.3, 0.4) is 0 Å². The lowest BCUT2D eigenvalue weighted by molar-refractivity contribution is -0.150. The summed E-state index contributed by atoms with van der Waals surface area (Å²) in [6.45, 7) is 0. The van der Waals surface area contributed by atoms with Gasteiger partial charge in [0.25, 0.3) is 0 Å². The maximum absolute atomic E-state index is 12.5. The molecule has 3 unspecified atom stereocenters. The second-order valence-corrected chi connectivity index (χ2v) is 6.84. The van der Waals surface area contributed by atoms with Crippen molar-refractivity contribution in [3.63, 3.8) is 0 Å². The summed E-state index contributed by atoms with van der Waals surface area (Å²) in [7, 11) is 0. The van der Waals surface area contributed by atoms with Crippen molar-refractivity contribution in [3.05, 3.63) is 0 Å². The molecule has 3 rings (SSSR count). The Morgan fingerprint density at radius 1 is 1.05 bits per heavy atom. The van der Waals surface area contributed by atoms with E-state index in [0.29, 0.717) is 24.7 Å². The Kier molecular flexibility index (Phi) is 3.99. The number of carboxylic acid groups (broad SMARTS) is 1. The Morgan fingerprint density at radius 3 is 2.45 bits per heavy atom. The molecular formula is C16H25NO3. The molecule has 0 radical (unpaired) electrons. The molecule has 1 saturated heterocycles. The lowest BCUT2D eigenvalue weighted by atomic mass is 9.82. The third-order valence-electron chi connectivity index (χ3n) is 5.65. The maximum atomic E-state index is 12.5. The predicted molar refractivity (Wildman–Crippen MR) is 75.2 cm³/mol. The largest absolute Gasteiger partial charge is 0.480 e. The average Bonchev–Trinajstić information content (AvgIpc) is 2.76. The summed E-state index contributed by atoms with van der Waals surface area (Å²) >= 11 is 0. The van der Waals surface area contributed by atoms with E-state index in [-0.39, 0.29) is 11.9 Å². The highest BCUT2D eigenvalue weighted by Crippen LogP contribution is 2.40. The molecule has 0 spiro atoms. The number of carboxylic acids is 1. The quantitative estimate of drug-likeness (QED) is 0.861. The molecule has 3 atom stereocenters. The monoisotopic (exact) mass is 279 g/mol. The molecule has 112 valence electrons. The number of hydrogen-bond donors (Lipinski definition) is 1. The summed E-state index contributed by atoms with van der Waals surface area (Å²) in [4.78, 5) is 25.7. The number of carbonyl (C=O) groups excluding carboxylic acids is 1. The zero-order valence-corrected chi connectivity index (χ0v) is 12.1. The van der Waals surface area contributed by atoms with E-state index in [9.17, 15) is 14.7 Å². The van der Waals surface area contributed by atoms with E-state index in [1.807, 2.05) is 0 Å². The van der Waals surface area contributed by atoms with Crippen molar-refractivity contribution in [2.75, 3.05) is 0 Å². The van der Waals surface area contributed by atoms with Gasteiger partial charge in [0.1, 0.15) is 6.04 Å². The number of aliphatic carboxylic acids is 1. The van der Waals surface area contributed by atoms with Crippen LogP contribution >= 0.6 is 0 Å². The van der Waals surface area contributed by atoms with Gasteiger partial charge < -0.3 is 10.0 Å². The van der Waals surface area contributed by atoms with E-state index < -0.39 is 12.0 Å². The minimum atomic E-state index is -0.809. The predicted octanol–water partition coefficient (Wildman–Crippen LogP) is 2.81. The van der Waals surface area contributed by atoms with Gasteiger partial charge in [-0.05, 0) is 37.5 Å². The van der Waals surface area contributed by atoms with Crippen LogP contribution in [-0.2, 0) is 9.59 Å². The minimum Gasteiger partial charge on any atom is -0.480 e. The zero-order chi connectivity index (χ0) is 14.1. The number of likely N-dealkylation sites (tertiary alicyclic amines) is 1. The highest BCUT2D eigenvalue weighted by molar-refractivity contribution is 5.84. The van der Waals surface area contributed by atoms with Crippen molar-refractivity contribution in [2.45, 2.75) is 76.3 Å². The van der Waals surface area contributed by atoms with E-state index in [2.05, 4.69) is 0 Å². The molecule has 0 bridgehead atoms. The Hall–Kier alpha value is -1.06. The third kappa shape index (κ3) is 2.57. The van der Waals surface area contributed by atoms with Crippen LogP contribution in [0.4, 0.5) is 0 Å². The first-order valence-electron chi connectivity index (χ1n) is 8.21. The van der Waals surface area contributed by atoms with Crippen molar-refractivity contribution in [1.82, 2.24) is 4.90 Å². The summed E-state index contributed by atoms with van der Waals surface area (Å²) in [6.07, 6.45) is 10.4. The average molecular weight is 279 g/mol. The highest BCUT2D eigenvalue weighted by atomic mass is 16.4. The number of carbonyl (C=O) groups is 2. The number of rotatable bonds is 4. The fourth-order valence-electron chi connectivity index (χ4n) is 4.28. The van der Waals surface area contributed by atoms with Crippen molar-refractivity contribution in [2.24, 2.45) is 11.8 Å². The summed E-state index contributed by atoms with van der Waals surface area (Å²) in [5.41, 5.74) is 0. The number of hydrogen-bond acceptors (Lipinski definition) is 2. The van der Waals surface area contributed by atoms with Crippen LogP contribution in [0.15, 0.2) is 0 Å². The molecule has 4 nitrogen and oxygen atoms in total. The third-order valence-corrected chi connectivity index (χ3v) is 5.65. The maximum Gasteiger partial charge on any atom is 0.326 e. The van der Waals surface area contributed by atoms with Gasteiger partial charge in [0, 0.05) is 12.5 Å². The van der Waals surface area contributed by atoms with Crippen molar-refractivity contribution in [3.8, 4) is 0 Å². The molecule has 1 N–H and O–H groups in total. The van der Waals surface area contributed by atoms with Gasteiger partial charge in [-0.15, -0.1) is 0 Å². The molecule has 0 aromatic rings. The summed E-state index contributed by atoms with van der Waals surface area (Å²) < 4.78 is 0. The fraction of sp³-hybridized carbons (Fsp3) is 0.875. The fourth-order valence-corrected chi connectivity index (χ4v) is 4.28. The molecule has 3 aliphatic rings. The Bertz CT molecular complexity index is 391. The van der Waals surface area contributed by atoms with E-state index in [1.54, 1.807) is 4.90 Å². The molecule has 0 aromatic heterocycles. The number of amides is 1. The molecule has 1 aliphatic heterocycles. The molecule has 1 amide bonds. The summed E-state index contributed by atoms with van der Waals surface area (Å²) in [5, 5.41) is 9.42. The SMILES string of the molecule is O=C(O)C1CC2CCCCC2N1C(=O)CCC1CCC1. The first-order chi connectivity index (χ1) is 9.66. The lowest BCUT2D eigenvalue weighted by Gasteiger charge is -2.34. The van der Waals surface area contributed by atoms with Gasteiger partial charge in [0.05, 0.1) is 0 Å². The first-order valence-corrected chi connectivity index (χ1v) is 8.21. The summed E-state index contributed by atoms with van der Waals surface area (Å²) in [5.74, 6) is 0.430. The van der Waals surface area contributed by atoms with E-state index in [1.165, 1.54) is 25.7 Å². The first kappa shape index (κ1) is 13.9. The van der Waals surface area contributed by atoms with Crippen molar-refractivity contribution >= 4 is 11.9 Å². The molecule has 0 aromatic carbocycles. The van der Waals surface area contributed by atoms with Crippen LogP contribution in [-0.4, -0.2) is 34.0 Å². The molecule has 3 fully saturated rings. The van der Waals surface area contributed by atoms with E-state index >= 15 is 0 Å². The Morgan fingerprint density at radius 2 is 1.80 bits per heavy atom.